The van der Waals surface area contributed by atoms with Crippen LogP contribution in [0.2, 0.25) is 0 Å². The minimum atomic E-state index is -0.395. The van der Waals surface area contributed by atoms with Crippen molar-refractivity contribution in [2.45, 2.75) is 58.5 Å². The SMILES string of the molecule is CC(C)(C)c1ccc(C(=O)OC(C)(C)C2CC[NH2+]CC2)cc1. The van der Waals surface area contributed by atoms with Crippen molar-refractivity contribution in [1.82, 2.24) is 0 Å². The summed E-state index contributed by atoms with van der Waals surface area (Å²) in [5.41, 5.74) is 1.57. The molecule has 0 atom stereocenters. The predicted molar refractivity (Wildman–Crippen MR) is 89.0 cm³/mol. The quantitative estimate of drug-likeness (QED) is 0.873. The smallest absolute Gasteiger partial charge is 0.338 e. The number of quaternary nitrogens is 1. The molecule has 0 spiro atoms. The predicted octanol–water partition coefficient (Wildman–Crippen LogP) is 2.89. The van der Waals surface area contributed by atoms with Crippen molar-refractivity contribution in [3.63, 3.8) is 0 Å². The summed E-state index contributed by atoms with van der Waals surface area (Å²) in [7, 11) is 0. The summed E-state index contributed by atoms with van der Waals surface area (Å²) in [6.07, 6.45) is 2.23. The van der Waals surface area contributed by atoms with Crippen LogP contribution in [0.15, 0.2) is 24.3 Å². The number of benzene rings is 1. The van der Waals surface area contributed by atoms with Gasteiger partial charge in [-0.1, -0.05) is 32.9 Å². The second-order valence-electron chi connectivity index (χ2n) is 7.96. The minimum absolute atomic E-state index is 0.0975. The van der Waals surface area contributed by atoms with E-state index in [-0.39, 0.29) is 11.4 Å². The number of carbonyl (C=O) groups excluding carboxylic acids is 1. The summed E-state index contributed by atoms with van der Waals surface area (Å²) >= 11 is 0. The number of rotatable bonds is 3. The highest BCUT2D eigenvalue weighted by molar-refractivity contribution is 5.89. The Labute approximate surface area is 134 Å². The van der Waals surface area contributed by atoms with Crippen LogP contribution in [0, 0.1) is 5.92 Å². The highest BCUT2D eigenvalue weighted by Gasteiger charge is 2.35. The number of nitrogens with two attached hydrogens (primary N) is 1. The summed E-state index contributed by atoms with van der Waals surface area (Å²) < 4.78 is 5.84. The fourth-order valence-corrected chi connectivity index (χ4v) is 3.11. The van der Waals surface area contributed by atoms with E-state index in [1.54, 1.807) is 0 Å². The molecule has 1 heterocycles. The Balaban J connectivity index is 2.05. The van der Waals surface area contributed by atoms with Gasteiger partial charge in [0.05, 0.1) is 18.7 Å². The number of ether oxygens (including phenoxy) is 1. The molecule has 0 unspecified atom stereocenters. The summed E-state index contributed by atoms with van der Waals surface area (Å²) in [6, 6.07) is 7.82. The summed E-state index contributed by atoms with van der Waals surface area (Å²) in [5.74, 6) is 0.246. The Bertz CT molecular complexity index is 505. The van der Waals surface area contributed by atoms with Gasteiger partial charge in [-0.05, 0) is 37.0 Å². The lowest BCUT2D eigenvalue weighted by molar-refractivity contribution is -0.665. The molecule has 2 N–H and O–H groups in total. The lowest BCUT2D eigenvalue weighted by Crippen LogP contribution is -2.86. The first kappa shape index (κ1) is 17.0. The van der Waals surface area contributed by atoms with Crippen molar-refractivity contribution in [1.29, 1.82) is 0 Å². The summed E-state index contributed by atoms with van der Waals surface area (Å²) in [4.78, 5) is 12.4. The van der Waals surface area contributed by atoms with Crippen LogP contribution >= 0.6 is 0 Å². The van der Waals surface area contributed by atoms with Crippen molar-refractivity contribution in [3.8, 4) is 0 Å². The Morgan fingerprint density at radius 2 is 1.59 bits per heavy atom. The van der Waals surface area contributed by atoms with Crippen LogP contribution in [-0.4, -0.2) is 24.7 Å². The molecule has 1 aromatic rings. The van der Waals surface area contributed by atoms with Crippen LogP contribution in [-0.2, 0) is 10.2 Å². The van der Waals surface area contributed by atoms with E-state index < -0.39 is 5.60 Å². The topological polar surface area (TPSA) is 42.9 Å². The third-order valence-electron chi connectivity index (χ3n) is 4.76. The van der Waals surface area contributed by atoms with Crippen molar-refractivity contribution in [3.05, 3.63) is 35.4 Å². The Morgan fingerprint density at radius 1 is 1.05 bits per heavy atom. The highest BCUT2D eigenvalue weighted by atomic mass is 16.6. The van der Waals surface area contributed by atoms with Crippen molar-refractivity contribution >= 4 is 5.97 Å². The van der Waals surface area contributed by atoms with E-state index in [9.17, 15) is 4.79 Å². The molecule has 1 aliphatic rings. The van der Waals surface area contributed by atoms with Crippen LogP contribution in [0.25, 0.3) is 0 Å². The largest absolute Gasteiger partial charge is 0.456 e. The van der Waals surface area contributed by atoms with Crippen LogP contribution in [0.3, 0.4) is 0 Å². The second-order valence-corrected chi connectivity index (χ2v) is 7.96. The molecule has 1 aromatic carbocycles. The normalized spacial score (nSPS) is 17.3. The van der Waals surface area contributed by atoms with Gasteiger partial charge in [-0.15, -0.1) is 0 Å². The zero-order valence-corrected chi connectivity index (χ0v) is 14.6. The maximum absolute atomic E-state index is 12.4. The molecular formula is C19H30NO2+. The van der Waals surface area contributed by atoms with Crippen LogP contribution in [0.4, 0.5) is 0 Å². The number of hydrogen-bond donors (Lipinski definition) is 1. The molecule has 2 rings (SSSR count). The highest BCUT2D eigenvalue weighted by Crippen LogP contribution is 2.29. The maximum Gasteiger partial charge on any atom is 0.338 e. The molecule has 3 heteroatoms. The van der Waals surface area contributed by atoms with E-state index in [4.69, 9.17) is 4.74 Å². The molecule has 0 aliphatic carbocycles. The fraction of sp³-hybridized carbons (Fsp3) is 0.632. The van der Waals surface area contributed by atoms with Gasteiger partial charge in [0.2, 0.25) is 0 Å². The first-order chi connectivity index (χ1) is 10.2. The summed E-state index contributed by atoms with van der Waals surface area (Å²) in [6.45, 7) is 12.9. The molecule has 0 aromatic heterocycles. The monoisotopic (exact) mass is 304 g/mol. The number of piperidine rings is 1. The van der Waals surface area contributed by atoms with Gasteiger partial charge in [0.25, 0.3) is 0 Å². The van der Waals surface area contributed by atoms with Crippen molar-refractivity contribution in [2.24, 2.45) is 5.92 Å². The average Bonchev–Trinajstić information content (AvgIpc) is 2.47. The van der Waals surface area contributed by atoms with E-state index in [2.05, 4.69) is 26.1 Å². The Morgan fingerprint density at radius 3 is 2.09 bits per heavy atom. The van der Waals surface area contributed by atoms with Crippen LogP contribution < -0.4 is 5.32 Å². The molecule has 22 heavy (non-hydrogen) atoms. The van der Waals surface area contributed by atoms with Gasteiger partial charge < -0.3 is 10.1 Å². The van der Waals surface area contributed by atoms with Crippen LogP contribution in [0.1, 0.15) is 63.4 Å². The van der Waals surface area contributed by atoms with E-state index >= 15 is 0 Å². The maximum atomic E-state index is 12.4. The average molecular weight is 304 g/mol. The molecule has 122 valence electrons. The lowest BCUT2D eigenvalue weighted by Gasteiger charge is -2.35. The molecule has 0 radical (unpaired) electrons. The van der Waals surface area contributed by atoms with Gasteiger partial charge in [-0.25, -0.2) is 4.79 Å². The molecule has 0 bridgehead atoms. The van der Waals surface area contributed by atoms with E-state index in [0.717, 1.165) is 25.9 Å². The molecule has 1 aliphatic heterocycles. The van der Waals surface area contributed by atoms with Gasteiger partial charge in [-0.3, -0.25) is 0 Å². The Hall–Kier alpha value is -1.35. The van der Waals surface area contributed by atoms with Gasteiger partial charge in [-0.2, -0.15) is 0 Å². The molecule has 3 nitrogen and oxygen atoms in total. The van der Waals surface area contributed by atoms with E-state index in [0.29, 0.717) is 11.5 Å². The van der Waals surface area contributed by atoms with Crippen LogP contribution in [0.5, 0.6) is 0 Å². The zero-order chi connectivity index (χ0) is 16.4. The second kappa shape index (κ2) is 6.41. The zero-order valence-electron chi connectivity index (χ0n) is 14.6. The van der Waals surface area contributed by atoms with Gasteiger partial charge >= 0.3 is 5.97 Å². The molecule has 0 saturated carbocycles. The van der Waals surface area contributed by atoms with E-state index in [1.165, 1.54) is 5.56 Å². The third kappa shape index (κ3) is 4.10. The fourth-order valence-electron chi connectivity index (χ4n) is 3.11. The molecular weight excluding hydrogens is 274 g/mol. The lowest BCUT2D eigenvalue weighted by atomic mass is 9.83. The Kier molecular flexibility index (Phi) is 4.96. The summed E-state index contributed by atoms with van der Waals surface area (Å²) in [5, 5.41) is 2.33. The molecule has 1 fully saturated rings. The number of esters is 1. The first-order valence-electron chi connectivity index (χ1n) is 8.36. The van der Waals surface area contributed by atoms with Crippen molar-refractivity contribution in [2.75, 3.05) is 13.1 Å². The first-order valence-corrected chi connectivity index (χ1v) is 8.36. The van der Waals surface area contributed by atoms with Gasteiger partial charge in [0.1, 0.15) is 5.60 Å². The van der Waals surface area contributed by atoms with Gasteiger partial charge in [0.15, 0.2) is 0 Å². The molecule has 0 amide bonds. The van der Waals surface area contributed by atoms with Gasteiger partial charge in [0, 0.05) is 18.8 Å². The van der Waals surface area contributed by atoms with E-state index in [1.807, 2.05) is 38.1 Å². The number of carbonyl (C=O) groups is 1. The minimum Gasteiger partial charge on any atom is -0.456 e. The van der Waals surface area contributed by atoms with Crippen molar-refractivity contribution < 1.29 is 14.8 Å². The number of hydrogen-bond acceptors (Lipinski definition) is 2. The molecule has 1 saturated heterocycles. The third-order valence-corrected chi connectivity index (χ3v) is 4.76. The standard InChI is InChI=1S/C19H29NO2/c1-18(2,3)15-8-6-14(7-9-15)17(21)22-19(4,5)16-10-12-20-13-11-16/h6-9,16,20H,10-13H2,1-5H3/p+1.